The molecular weight excluding hydrogens is 468 g/mol. The van der Waals surface area contributed by atoms with Crippen LogP contribution in [0, 0.1) is 17.2 Å². The zero-order valence-corrected chi connectivity index (χ0v) is 19.1. The van der Waals surface area contributed by atoms with Crippen LogP contribution in [-0.4, -0.2) is 41.4 Å². The first-order chi connectivity index (χ1) is 15.6. The summed E-state index contributed by atoms with van der Waals surface area (Å²) in [5, 5.41) is 28.1. The number of amides is 1. The van der Waals surface area contributed by atoms with E-state index in [1.165, 1.54) is 24.3 Å². The maximum atomic E-state index is 12.5. The van der Waals surface area contributed by atoms with E-state index in [0.29, 0.717) is 22.7 Å². The number of carboxylic acids is 1. The number of carboxylic acid groups (broad SMARTS) is 1. The summed E-state index contributed by atoms with van der Waals surface area (Å²) in [6.07, 6.45) is 1.21. The number of nitriles is 1. The first-order valence-electron chi connectivity index (χ1n) is 9.52. The van der Waals surface area contributed by atoms with Crippen LogP contribution in [0.3, 0.4) is 0 Å². The molecule has 0 saturated carbocycles. The van der Waals surface area contributed by atoms with Gasteiger partial charge in [-0.25, -0.2) is 13.2 Å². The van der Waals surface area contributed by atoms with E-state index >= 15 is 0 Å². The number of benzene rings is 1. The highest BCUT2D eigenvalue weighted by Gasteiger charge is 2.23. The van der Waals surface area contributed by atoms with Gasteiger partial charge in [-0.2, -0.15) is 5.26 Å². The molecule has 3 rings (SSSR count). The van der Waals surface area contributed by atoms with Crippen LogP contribution in [0.15, 0.2) is 50.7 Å². The summed E-state index contributed by atoms with van der Waals surface area (Å²) < 4.78 is 29.9. The second-order valence-electron chi connectivity index (χ2n) is 7.26. The van der Waals surface area contributed by atoms with E-state index in [4.69, 9.17) is 9.52 Å². The summed E-state index contributed by atoms with van der Waals surface area (Å²) in [5.74, 6) is -1.55. The number of carbonyl (C=O) groups is 2. The maximum absolute atomic E-state index is 12.5. The molecule has 0 aliphatic carbocycles. The molecule has 0 bridgehead atoms. The predicted octanol–water partition coefficient (Wildman–Crippen LogP) is 3.47. The Morgan fingerprint density at radius 2 is 2.03 bits per heavy atom. The highest BCUT2D eigenvalue weighted by Crippen LogP contribution is 2.25. The van der Waals surface area contributed by atoms with Gasteiger partial charge < -0.3 is 9.52 Å². The van der Waals surface area contributed by atoms with Gasteiger partial charge in [-0.05, 0) is 30.2 Å². The molecular formula is C21H18N4O6S2. The number of hydrogen-bond acceptors (Lipinski definition) is 9. The average Bonchev–Trinajstić information content (AvgIpc) is 3.41. The average molecular weight is 487 g/mol. The molecule has 12 heteroatoms. The molecule has 2 N–H and O–H groups in total. The van der Waals surface area contributed by atoms with Crippen LogP contribution in [0.4, 0.5) is 5.13 Å². The van der Waals surface area contributed by atoms with E-state index in [1.54, 1.807) is 38.1 Å². The molecule has 3 aromatic rings. The molecule has 2 heterocycles. The van der Waals surface area contributed by atoms with Gasteiger partial charge in [-0.1, -0.05) is 37.3 Å². The van der Waals surface area contributed by atoms with Crippen molar-refractivity contribution < 1.29 is 27.5 Å². The molecule has 170 valence electrons. The molecule has 0 radical (unpaired) electrons. The van der Waals surface area contributed by atoms with Gasteiger partial charge in [0.15, 0.2) is 0 Å². The van der Waals surface area contributed by atoms with E-state index in [-0.39, 0.29) is 38.0 Å². The second kappa shape index (κ2) is 9.76. The molecule has 0 unspecified atom stereocenters. The lowest BCUT2D eigenvalue weighted by Crippen LogP contribution is -2.13. The van der Waals surface area contributed by atoms with Gasteiger partial charge in [0.25, 0.3) is 5.91 Å². The summed E-state index contributed by atoms with van der Waals surface area (Å²) in [7, 11) is -3.62. The Kier molecular flexibility index (Phi) is 7.05. The number of nitrogens with zero attached hydrogens (tertiary/aromatic N) is 3. The third-order valence-corrected chi connectivity index (χ3v) is 7.48. The summed E-state index contributed by atoms with van der Waals surface area (Å²) in [6.45, 7) is 3.52. The number of hydrogen-bond donors (Lipinski definition) is 2. The number of sulfone groups is 1. The van der Waals surface area contributed by atoms with E-state index in [1.807, 2.05) is 0 Å². The minimum atomic E-state index is -3.62. The van der Waals surface area contributed by atoms with Gasteiger partial charge in [0.2, 0.25) is 19.3 Å². The van der Waals surface area contributed by atoms with Crippen LogP contribution in [0.5, 0.6) is 0 Å². The van der Waals surface area contributed by atoms with Crippen molar-refractivity contribution in [1.82, 2.24) is 10.2 Å². The van der Waals surface area contributed by atoms with Crippen molar-refractivity contribution in [2.24, 2.45) is 5.92 Å². The number of aromatic nitrogens is 2. The number of aromatic carboxylic acids is 1. The molecule has 1 aromatic carbocycles. The van der Waals surface area contributed by atoms with Crippen LogP contribution in [0.1, 0.15) is 30.0 Å². The lowest BCUT2D eigenvalue weighted by molar-refractivity contribution is -0.112. The van der Waals surface area contributed by atoms with Crippen molar-refractivity contribution in [2.45, 2.75) is 18.2 Å². The molecule has 0 saturated heterocycles. The Labute approximate surface area is 193 Å². The topological polar surface area (TPSA) is 163 Å². The van der Waals surface area contributed by atoms with Crippen LogP contribution in [-0.2, 0) is 14.6 Å². The Bertz CT molecular complexity index is 1380. The zero-order valence-electron chi connectivity index (χ0n) is 17.5. The minimum absolute atomic E-state index is 0.0610. The van der Waals surface area contributed by atoms with Gasteiger partial charge >= 0.3 is 5.97 Å². The Balaban J connectivity index is 1.77. The van der Waals surface area contributed by atoms with Crippen molar-refractivity contribution in [3.8, 4) is 17.4 Å². The van der Waals surface area contributed by atoms with Gasteiger partial charge in [-0.3, -0.25) is 10.1 Å². The molecule has 10 nitrogen and oxygen atoms in total. The van der Waals surface area contributed by atoms with E-state index in [0.717, 1.165) is 0 Å². The van der Waals surface area contributed by atoms with Crippen LogP contribution in [0.2, 0.25) is 0 Å². The molecule has 0 atom stereocenters. The minimum Gasteiger partial charge on any atom is -0.478 e. The van der Waals surface area contributed by atoms with E-state index < -0.39 is 21.7 Å². The van der Waals surface area contributed by atoms with E-state index in [2.05, 4.69) is 15.5 Å². The number of furan rings is 1. The molecule has 1 amide bonds. The highest BCUT2D eigenvalue weighted by atomic mass is 32.2. The van der Waals surface area contributed by atoms with Crippen LogP contribution in [0.25, 0.3) is 17.4 Å². The molecule has 2 aromatic heterocycles. The van der Waals surface area contributed by atoms with Gasteiger partial charge in [0.05, 0.1) is 11.3 Å². The van der Waals surface area contributed by atoms with Gasteiger partial charge in [0.1, 0.15) is 23.2 Å². The Morgan fingerprint density at radius 3 is 2.70 bits per heavy atom. The Hall–Kier alpha value is -3.82. The predicted molar refractivity (Wildman–Crippen MR) is 120 cm³/mol. The summed E-state index contributed by atoms with van der Waals surface area (Å²) >= 11 is 0.699. The third-order valence-electron chi connectivity index (χ3n) is 4.12. The van der Waals surface area contributed by atoms with Gasteiger partial charge in [-0.15, -0.1) is 10.2 Å². The summed E-state index contributed by atoms with van der Waals surface area (Å²) in [4.78, 5) is 23.6. The number of anilines is 1. The molecule has 0 aliphatic rings. The van der Waals surface area contributed by atoms with Crippen molar-refractivity contribution in [2.75, 3.05) is 11.1 Å². The second-order valence-corrected chi connectivity index (χ2v) is 10.4. The fourth-order valence-electron chi connectivity index (χ4n) is 2.74. The fourth-order valence-corrected chi connectivity index (χ4v) is 5.35. The lowest BCUT2D eigenvalue weighted by atomic mass is 10.1. The number of carbonyl (C=O) groups excluding carboxylic acids is 1. The zero-order chi connectivity index (χ0) is 24.2. The third kappa shape index (κ3) is 5.91. The summed E-state index contributed by atoms with van der Waals surface area (Å²) in [6, 6.07) is 11.0. The lowest BCUT2D eigenvalue weighted by Gasteiger charge is -2.02. The largest absolute Gasteiger partial charge is 0.478 e. The van der Waals surface area contributed by atoms with Crippen molar-refractivity contribution in [1.29, 1.82) is 5.26 Å². The SMILES string of the molecule is CC(C)CS(=O)(=O)c1nnc(NC(=O)/C(C#N)=C\c2ccc(-c3cccc(C(=O)O)c3)o2)s1. The number of nitrogens with one attached hydrogen (secondary N) is 1. The van der Waals surface area contributed by atoms with Gasteiger partial charge in [0, 0.05) is 11.6 Å². The highest BCUT2D eigenvalue weighted by molar-refractivity contribution is 7.93. The fraction of sp³-hybridized carbons (Fsp3) is 0.190. The first kappa shape index (κ1) is 23.8. The molecule has 0 aliphatic heterocycles. The van der Waals surface area contributed by atoms with E-state index in [9.17, 15) is 23.3 Å². The maximum Gasteiger partial charge on any atom is 0.335 e. The van der Waals surface area contributed by atoms with Crippen molar-refractivity contribution >= 4 is 44.3 Å². The van der Waals surface area contributed by atoms with Crippen molar-refractivity contribution in [3.05, 3.63) is 53.3 Å². The first-order valence-corrected chi connectivity index (χ1v) is 12.0. The quantitative estimate of drug-likeness (QED) is 0.275. The standard InChI is InChI=1S/C21H18N4O6S2/c1-12(2)11-33(29,30)21-25-24-20(32-21)23-18(26)15(10-22)9-16-6-7-17(31-16)13-4-3-5-14(8-13)19(27)28/h3-9,12H,11H2,1-2H3,(H,27,28)(H,23,24,26)/b15-9-. The smallest absolute Gasteiger partial charge is 0.335 e. The Morgan fingerprint density at radius 1 is 1.27 bits per heavy atom. The monoisotopic (exact) mass is 486 g/mol. The van der Waals surface area contributed by atoms with Crippen LogP contribution < -0.4 is 5.32 Å². The van der Waals surface area contributed by atoms with Crippen LogP contribution >= 0.6 is 11.3 Å². The normalized spacial score (nSPS) is 11.9. The molecule has 33 heavy (non-hydrogen) atoms. The molecule has 0 spiro atoms. The molecule has 0 fully saturated rings. The summed E-state index contributed by atoms with van der Waals surface area (Å²) in [5.41, 5.74) is 0.295. The number of rotatable bonds is 8. The van der Waals surface area contributed by atoms with Crippen molar-refractivity contribution in [3.63, 3.8) is 0 Å².